The predicted molar refractivity (Wildman–Crippen MR) is 67.7 cm³/mol. The summed E-state index contributed by atoms with van der Waals surface area (Å²) in [4.78, 5) is 3.43. The van der Waals surface area contributed by atoms with Gasteiger partial charge < -0.3 is 9.84 Å². The third-order valence-corrected chi connectivity index (χ3v) is 3.01. The molecule has 4 heteroatoms. The van der Waals surface area contributed by atoms with Gasteiger partial charge in [-0.1, -0.05) is 6.07 Å². The summed E-state index contributed by atoms with van der Waals surface area (Å²) in [6.45, 7) is 5.89. The standard InChI is InChI=1S/C12H21NO2S/c1-10(2)15-9-11(14)7-13(3)8-12-5-4-6-16-12/h4-6,10-11,14H,7-9H2,1-3H3/t11-/m0/s1. The molecule has 1 atom stereocenters. The van der Waals surface area contributed by atoms with Crippen LogP contribution in [0, 0.1) is 0 Å². The summed E-state index contributed by atoms with van der Waals surface area (Å²) in [5, 5.41) is 11.8. The molecular weight excluding hydrogens is 222 g/mol. The molecule has 0 aliphatic carbocycles. The molecule has 1 aromatic heterocycles. The molecule has 0 amide bonds. The number of likely N-dealkylation sites (N-methyl/N-ethyl adjacent to an activating group) is 1. The van der Waals surface area contributed by atoms with Crippen molar-refractivity contribution in [3.8, 4) is 0 Å². The van der Waals surface area contributed by atoms with Crippen LogP contribution < -0.4 is 0 Å². The Balaban J connectivity index is 2.20. The maximum absolute atomic E-state index is 9.73. The van der Waals surface area contributed by atoms with Crippen LogP contribution in [0.25, 0.3) is 0 Å². The number of rotatable bonds is 7. The van der Waals surface area contributed by atoms with Crippen LogP contribution in [0.3, 0.4) is 0 Å². The van der Waals surface area contributed by atoms with E-state index in [-0.39, 0.29) is 6.10 Å². The van der Waals surface area contributed by atoms with Gasteiger partial charge in [0.1, 0.15) is 0 Å². The van der Waals surface area contributed by atoms with Gasteiger partial charge in [0.25, 0.3) is 0 Å². The highest BCUT2D eigenvalue weighted by Crippen LogP contribution is 2.10. The molecule has 0 saturated heterocycles. The lowest BCUT2D eigenvalue weighted by Crippen LogP contribution is -2.32. The average molecular weight is 243 g/mol. The van der Waals surface area contributed by atoms with Crippen LogP contribution in [0.5, 0.6) is 0 Å². The molecule has 0 saturated carbocycles. The second-order valence-electron chi connectivity index (χ2n) is 4.31. The van der Waals surface area contributed by atoms with E-state index >= 15 is 0 Å². The molecule has 0 aliphatic heterocycles. The number of aliphatic hydroxyl groups excluding tert-OH is 1. The molecule has 1 heterocycles. The third kappa shape index (κ3) is 5.61. The molecular formula is C12H21NO2S. The van der Waals surface area contributed by atoms with Crippen molar-refractivity contribution in [3.05, 3.63) is 22.4 Å². The fourth-order valence-corrected chi connectivity index (χ4v) is 2.23. The zero-order valence-electron chi connectivity index (χ0n) is 10.2. The van der Waals surface area contributed by atoms with Gasteiger partial charge in [0, 0.05) is 18.0 Å². The van der Waals surface area contributed by atoms with Crippen molar-refractivity contribution in [2.75, 3.05) is 20.2 Å². The first-order valence-corrected chi connectivity index (χ1v) is 6.46. The van der Waals surface area contributed by atoms with Crippen LogP contribution in [0.4, 0.5) is 0 Å². The first-order valence-electron chi connectivity index (χ1n) is 5.58. The Bertz CT molecular complexity index is 275. The Labute approximate surface area is 102 Å². The van der Waals surface area contributed by atoms with Crippen molar-refractivity contribution in [1.29, 1.82) is 0 Å². The van der Waals surface area contributed by atoms with Crippen molar-refractivity contribution in [2.24, 2.45) is 0 Å². The topological polar surface area (TPSA) is 32.7 Å². The number of nitrogens with zero attached hydrogens (tertiary/aromatic N) is 1. The highest BCUT2D eigenvalue weighted by atomic mass is 32.1. The van der Waals surface area contributed by atoms with Gasteiger partial charge in [-0.3, -0.25) is 4.90 Å². The minimum atomic E-state index is -0.410. The fraction of sp³-hybridized carbons (Fsp3) is 0.667. The first kappa shape index (κ1) is 13.6. The number of hydrogen-bond acceptors (Lipinski definition) is 4. The molecule has 16 heavy (non-hydrogen) atoms. The van der Waals surface area contributed by atoms with Gasteiger partial charge in [-0.2, -0.15) is 0 Å². The summed E-state index contributed by atoms with van der Waals surface area (Å²) < 4.78 is 5.37. The Hall–Kier alpha value is -0.420. The number of thiophene rings is 1. The Morgan fingerprint density at radius 3 is 2.81 bits per heavy atom. The fourth-order valence-electron chi connectivity index (χ4n) is 1.45. The highest BCUT2D eigenvalue weighted by molar-refractivity contribution is 7.09. The quantitative estimate of drug-likeness (QED) is 0.794. The number of hydrogen-bond donors (Lipinski definition) is 1. The summed E-state index contributed by atoms with van der Waals surface area (Å²) >= 11 is 1.74. The van der Waals surface area contributed by atoms with Gasteiger partial charge in [-0.25, -0.2) is 0 Å². The van der Waals surface area contributed by atoms with Crippen molar-refractivity contribution in [3.63, 3.8) is 0 Å². The van der Waals surface area contributed by atoms with E-state index in [1.807, 2.05) is 27.0 Å². The summed E-state index contributed by atoms with van der Waals surface area (Å²) in [6, 6.07) is 4.16. The van der Waals surface area contributed by atoms with Crippen LogP contribution in [-0.4, -0.2) is 42.4 Å². The molecule has 0 aromatic carbocycles. The van der Waals surface area contributed by atoms with E-state index in [2.05, 4.69) is 16.3 Å². The van der Waals surface area contributed by atoms with Crippen LogP contribution in [0.1, 0.15) is 18.7 Å². The van der Waals surface area contributed by atoms with Gasteiger partial charge >= 0.3 is 0 Å². The second kappa shape index (κ2) is 7.01. The largest absolute Gasteiger partial charge is 0.389 e. The van der Waals surface area contributed by atoms with Crippen molar-refractivity contribution in [1.82, 2.24) is 4.90 Å². The lowest BCUT2D eigenvalue weighted by molar-refractivity contribution is -0.00625. The molecule has 0 radical (unpaired) electrons. The summed E-state index contributed by atoms with van der Waals surface area (Å²) in [7, 11) is 2.01. The van der Waals surface area contributed by atoms with E-state index in [0.717, 1.165) is 6.54 Å². The van der Waals surface area contributed by atoms with Crippen LogP contribution >= 0.6 is 11.3 Å². The Morgan fingerprint density at radius 1 is 1.50 bits per heavy atom. The van der Waals surface area contributed by atoms with Gasteiger partial charge in [-0.15, -0.1) is 11.3 Å². The summed E-state index contributed by atoms with van der Waals surface area (Å²) in [6.07, 6.45) is -0.232. The number of aliphatic hydroxyl groups is 1. The van der Waals surface area contributed by atoms with E-state index in [0.29, 0.717) is 13.2 Å². The Morgan fingerprint density at radius 2 is 2.25 bits per heavy atom. The lowest BCUT2D eigenvalue weighted by Gasteiger charge is -2.20. The van der Waals surface area contributed by atoms with Crippen molar-refractivity contribution in [2.45, 2.75) is 32.6 Å². The normalized spacial score (nSPS) is 13.6. The van der Waals surface area contributed by atoms with Crippen molar-refractivity contribution < 1.29 is 9.84 Å². The van der Waals surface area contributed by atoms with E-state index in [9.17, 15) is 5.11 Å². The molecule has 1 rings (SSSR count). The van der Waals surface area contributed by atoms with Crippen LogP contribution in [0.2, 0.25) is 0 Å². The molecule has 0 spiro atoms. The van der Waals surface area contributed by atoms with Gasteiger partial charge in [-0.05, 0) is 32.3 Å². The smallest absolute Gasteiger partial charge is 0.0900 e. The molecule has 92 valence electrons. The zero-order chi connectivity index (χ0) is 12.0. The minimum absolute atomic E-state index is 0.178. The van der Waals surface area contributed by atoms with Gasteiger partial charge in [0.05, 0.1) is 18.8 Å². The molecule has 1 N–H and O–H groups in total. The van der Waals surface area contributed by atoms with E-state index in [1.165, 1.54) is 4.88 Å². The average Bonchev–Trinajstić information content (AvgIpc) is 2.67. The van der Waals surface area contributed by atoms with Crippen LogP contribution in [0.15, 0.2) is 17.5 Å². The SMILES string of the molecule is CC(C)OC[C@@H](O)CN(C)Cc1cccs1. The summed E-state index contributed by atoms with van der Waals surface area (Å²) in [5.74, 6) is 0. The van der Waals surface area contributed by atoms with Gasteiger partial charge in [0.15, 0.2) is 0 Å². The zero-order valence-corrected chi connectivity index (χ0v) is 11.0. The molecule has 0 unspecified atom stereocenters. The van der Waals surface area contributed by atoms with Crippen molar-refractivity contribution >= 4 is 11.3 Å². The van der Waals surface area contributed by atoms with E-state index < -0.39 is 6.10 Å². The maximum Gasteiger partial charge on any atom is 0.0900 e. The van der Waals surface area contributed by atoms with E-state index in [1.54, 1.807) is 11.3 Å². The lowest BCUT2D eigenvalue weighted by atomic mass is 10.3. The predicted octanol–water partition coefficient (Wildman–Crippen LogP) is 1.97. The van der Waals surface area contributed by atoms with E-state index in [4.69, 9.17) is 4.74 Å². The maximum atomic E-state index is 9.73. The first-order chi connectivity index (χ1) is 7.58. The van der Waals surface area contributed by atoms with Gasteiger partial charge in [0.2, 0.25) is 0 Å². The summed E-state index contributed by atoms with van der Waals surface area (Å²) in [5.41, 5.74) is 0. The Kier molecular flexibility index (Phi) is 5.98. The van der Waals surface area contributed by atoms with Crippen LogP contribution in [-0.2, 0) is 11.3 Å². The monoisotopic (exact) mass is 243 g/mol. The molecule has 0 aliphatic rings. The highest BCUT2D eigenvalue weighted by Gasteiger charge is 2.09. The third-order valence-electron chi connectivity index (χ3n) is 2.15. The second-order valence-corrected chi connectivity index (χ2v) is 5.34. The minimum Gasteiger partial charge on any atom is -0.389 e. The molecule has 0 bridgehead atoms. The molecule has 3 nitrogen and oxygen atoms in total. The molecule has 0 fully saturated rings. The number of ether oxygens (including phenoxy) is 1. The molecule has 1 aromatic rings.